The van der Waals surface area contributed by atoms with Crippen LogP contribution in [0.5, 0.6) is 0 Å². The molecule has 22 heavy (non-hydrogen) atoms. The SMILES string of the molecule is CC(NC(=O)c1cc2cc(Cl)cc(F)c2[nH]1)c1cnn(C)c1. The van der Waals surface area contributed by atoms with Crippen LogP contribution in [0.1, 0.15) is 29.0 Å². The molecule has 5 nitrogen and oxygen atoms in total. The summed E-state index contributed by atoms with van der Waals surface area (Å²) in [5.74, 6) is -0.801. The van der Waals surface area contributed by atoms with Gasteiger partial charge in [-0.15, -0.1) is 0 Å². The minimum atomic E-state index is -0.484. The van der Waals surface area contributed by atoms with Crippen LogP contribution in [0.2, 0.25) is 5.02 Å². The van der Waals surface area contributed by atoms with E-state index < -0.39 is 5.82 Å². The molecule has 3 rings (SSSR count). The maximum absolute atomic E-state index is 13.8. The van der Waals surface area contributed by atoms with E-state index in [0.29, 0.717) is 10.4 Å². The summed E-state index contributed by atoms with van der Waals surface area (Å²) in [5, 5.41) is 7.76. The Balaban J connectivity index is 1.84. The molecule has 0 aliphatic carbocycles. The zero-order valence-electron chi connectivity index (χ0n) is 12.0. The van der Waals surface area contributed by atoms with E-state index in [4.69, 9.17) is 11.6 Å². The number of hydrogen-bond acceptors (Lipinski definition) is 2. The zero-order valence-corrected chi connectivity index (χ0v) is 12.8. The van der Waals surface area contributed by atoms with Crippen LogP contribution in [0, 0.1) is 5.82 Å². The van der Waals surface area contributed by atoms with Crippen molar-refractivity contribution < 1.29 is 9.18 Å². The van der Waals surface area contributed by atoms with Gasteiger partial charge in [0.1, 0.15) is 11.5 Å². The lowest BCUT2D eigenvalue weighted by atomic mass is 10.2. The number of rotatable bonds is 3. The van der Waals surface area contributed by atoms with Gasteiger partial charge in [0, 0.05) is 29.2 Å². The molecule has 7 heteroatoms. The maximum atomic E-state index is 13.8. The number of aryl methyl sites for hydroxylation is 1. The van der Waals surface area contributed by atoms with E-state index >= 15 is 0 Å². The topological polar surface area (TPSA) is 62.7 Å². The highest BCUT2D eigenvalue weighted by atomic mass is 35.5. The Labute approximate surface area is 131 Å². The average molecular weight is 321 g/mol. The molecule has 0 aliphatic heterocycles. The molecule has 0 radical (unpaired) electrons. The fourth-order valence-electron chi connectivity index (χ4n) is 2.31. The first-order chi connectivity index (χ1) is 10.4. The van der Waals surface area contributed by atoms with Gasteiger partial charge in [-0.25, -0.2) is 4.39 Å². The fraction of sp³-hybridized carbons (Fsp3) is 0.200. The molecule has 1 amide bonds. The van der Waals surface area contributed by atoms with Gasteiger partial charge in [-0.3, -0.25) is 9.48 Å². The summed E-state index contributed by atoms with van der Waals surface area (Å²) >= 11 is 5.82. The van der Waals surface area contributed by atoms with Gasteiger partial charge in [-0.05, 0) is 25.1 Å². The Morgan fingerprint density at radius 3 is 2.91 bits per heavy atom. The summed E-state index contributed by atoms with van der Waals surface area (Å²) in [6, 6.07) is 4.19. The molecule has 0 bridgehead atoms. The van der Waals surface area contributed by atoms with Crippen LogP contribution in [0.25, 0.3) is 10.9 Å². The fourth-order valence-corrected chi connectivity index (χ4v) is 2.52. The summed E-state index contributed by atoms with van der Waals surface area (Å²) in [5.41, 5.74) is 1.44. The van der Waals surface area contributed by atoms with Crippen molar-refractivity contribution in [2.24, 2.45) is 7.05 Å². The van der Waals surface area contributed by atoms with Crippen molar-refractivity contribution in [2.75, 3.05) is 0 Å². The van der Waals surface area contributed by atoms with Crippen molar-refractivity contribution in [2.45, 2.75) is 13.0 Å². The van der Waals surface area contributed by atoms with Crippen molar-refractivity contribution in [3.8, 4) is 0 Å². The maximum Gasteiger partial charge on any atom is 0.268 e. The van der Waals surface area contributed by atoms with Crippen LogP contribution in [0.4, 0.5) is 4.39 Å². The second kappa shape index (κ2) is 5.46. The molecule has 0 aliphatic rings. The minimum absolute atomic E-state index is 0.207. The predicted octanol–water partition coefficient (Wildman–Crippen LogP) is 3.18. The molecule has 2 heterocycles. The van der Waals surface area contributed by atoms with Gasteiger partial charge in [-0.1, -0.05) is 11.6 Å². The number of nitrogens with zero attached hydrogens (tertiary/aromatic N) is 2. The highest BCUT2D eigenvalue weighted by Gasteiger charge is 2.16. The highest BCUT2D eigenvalue weighted by molar-refractivity contribution is 6.31. The van der Waals surface area contributed by atoms with Crippen molar-refractivity contribution in [1.82, 2.24) is 20.1 Å². The number of amides is 1. The second-order valence-electron chi connectivity index (χ2n) is 5.18. The van der Waals surface area contributed by atoms with Crippen LogP contribution in [0.3, 0.4) is 0 Å². The number of aromatic nitrogens is 3. The third kappa shape index (κ3) is 2.69. The van der Waals surface area contributed by atoms with Crippen molar-refractivity contribution in [3.05, 3.63) is 52.7 Å². The quantitative estimate of drug-likeness (QED) is 0.778. The lowest BCUT2D eigenvalue weighted by molar-refractivity contribution is 0.0935. The summed E-state index contributed by atoms with van der Waals surface area (Å²) < 4.78 is 15.5. The number of carbonyl (C=O) groups is 1. The number of H-pyrrole nitrogens is 1. The normalized spacial score (nSPS) is 12.5. The second-order valence-corrected chi connectivity index (χ2v) is 5.61. The smallest absolute Gasteiger partial charge is 0.268 e. The molecule has 114 valence electrons. The number of hydrogen-bond donors (Lipinski definition) is 2. The summed E-state index contributed by atoms with van der Waals surface area (Å²) in [4.78, 5) is 15.1. The molecule has 2 N–H and O–H groups in total. The standard InChI is InChI=1S/C15H14ClFN4O/c1-8(10-6-18-21(2)7-10)19-15(22)13-4-9-3-11(16)5-12(17)14(9)20-13/h3-8,20H,1-2H3,(H,19,22). The minimum Gasteiger partial charge on any atom is -0.348 e. The molecule has 1 atom stereocenters. The molecule has 1 aromatic carbocycles. The predicted molar refractivity (Wildman–Crippen MR) is 82.4 cm³/mol. The Kier molecular flexibility index (Phi) is 3.62. The lowest BCUT2D eigenvalue weighted by Gasteiger charge is -2.10. The van der Waals surface area contributed by atoms with Gasteiger partial charge in [0.05, 0.1) is 17.8 Å². The first-order valence-corrected chi connectivity index (χ1v) is 7.09. The molecule has 1 unspecified atom stereocenters. The van der Waals surface area contributed by atoms with E-state index in [1.165, 1.54) is 6.07 Å². The Morgan fingerprint density at radius 1 is 1.45 bits per heavy atom. The monoisotopic (exact) mass is 320 g/mol. The average Bonchev–Trinajstić information content (AvgIpc) is 3.04. The molecule has 0 fully saturated rings. The van der Waals surface area contributed by atoms with E-state index in [9.17, 15) is 9.18 Å². The lowest BCUT2D eigenvalue weighted by Crippen LogP contribution is -2.26. The third-order valence-corrected chi connectivity index (χ3v) is 3.68. The van der Waals surface area contributed by atoms with Gasteiger partial charge in [0.2, 0.25) is 0 Å². The van der Waals surface area contributed by atoms with Crippen molar-refractivity contribution >= 4 is 28.4 Å². The Hall–Kier alpha value is -2.34. The molecule has 2 aromatic heterocycles. The zero-order chi connectivity index (χ0) is 15.9. The third-order valence-electron chi connectivity index (χ3n) is 3.46. The number of benzene rings is 1. The van der Waals surface area contributed by atoms with Gasteiger partial charge in [-0.2, -0.15) is 5.10 Å². The highest BCUT2D eigenvalue weighted by Crippen LogP contribution is 2.24. The van der Waals surface area contributed by atoms with Gasteiger partial charge < -0.3 is 10.3 Å². The Bertz CT molecular complexity index is 854. The number of carbonyl (C=O) groups excluding carboxylic acids is 1. The van der Waals surface area contributed by atoms with Gasteiger partial charge >= 0.3 is 0 Å². The summed E-state index contributed by atoms with van der Waals surface area (Å²) in [7, 11) is 1.81. The molecule has 0 saturated carbocycles. The number of nitrogens with one attached hydrogen (secondary N) is 2. The molecule has 0 saturated heterocycles. The van der Waals surface area contributed by atoms with E-state index in [1.807, 2.05) is 20.2 Å². The number of halogens is 2. The van der Waals surface area contributed by atoms with E-state index in [0.717, 1.165) is 5.56 Å². The first kappa shape index (κ1) is 14.6. The van der Waals surface area contributed by atoms with Gasteiger partial charge in [0.15, 0.2) is 0 Å². The molecular formula is C15H14ClFN4O. The molecule has 3 aromatic rings. The van der Waals surface area contributed by atoms with Crippen LogP contribution in [0.15, 0.2) is 30.6 Å². The number of fused-ring (bicyclic) bond motifs is 1. The molecule has 0 spiro atoms. The van der Waals surface area contributed by atoms with Crippen molar-refractivity contribution in [3.63, 3.8) is 0 Å². The van der Waals surface area contributed by atoms with Crippen LogP contribution in [-0.2, 0) is 7.05 Å². The van der Waals surface area contributed by atoms with Crippen LogP contribution in [-0.4, -0.2) is 20.7 Å². The first-order valence-electron chi connectivity index (χ1n) is 6.71. The number of aromatic amines is 1. The van der Waals surface area contributed by atoms with Crippen LogP contribution < -0.4 is 5.32 Å². The van der Waals surface area contributed by atoms with Crippen molar-refractivity contribution in [1.29, 1.82) is 0 Å². The largest absolute Gasteiger partial charge is 0.348 e. The molecular weight excluding hydrogens is 307 g/mol. The van der Waals surface area contributed by atoms with E-state index in [2.05, 4.69) is 15.4 Å². The van der Waals surface area contributed by atoms with E-state index in [1.54, 1.807) is 23.0 Å². The summed E-state index contributed by atoms with van der Waals surface area (Å²) in [6.07, 6.45) is 3.52. The summed E-state index contributed by atoms with van der Waals surface area (Å²) in [6.45, 7) is 1.86. The van der Waals surface area contributed by atoms with Crippen LogP contribution >= 0.6 is 11.6 Å². The van der Waals surface area contributed by atoms with Gasteiger partial charge in [0.25, 0.3) is 5.91 Å². The Morgan fingerprint density at radius 2 is 2.23 bits per heavy atom. The van der Waals surface area contributed by atoms with E-state index in [-0.39, 0.29) is 23.2 Å².